The summed E-state index contributed by atoms with van der Waals surface area (Å²) in [6.07, 6.45) is 1.34. The van der Waals surface area contributed by atoms with Crippen LogP contribution >= 0.6 is 22.7 Å². The van der Waals surface area contributed by atoms with Gasteiger partial charge in [-0.3, -0.25) is 4.79 Å². The lowest BCUT2D eigenvalue weighted by Gasteiger charge is -2.34. The maximum atomic E-state index is 13.2. The standard InChI is InChI=1S/C19H24N2O3S2/c1-2-24-19(23)20-9-3-6-15(12-20)18(22)21(13-16-7-4-10-25-16)14-17-8-5-11-26-17/h4-5,7-8,10-11,15H,2-3,6,9,12-14H2,1H3. The van der Waals surface area contributed by atoms with Gasteiger partial charge in [0.2, 0.25) is 5.91 Å². The van der Waals surface area contributed by atoms with E-state index in [-0.39, 0.29) is 17.9 Å². The Hall–Kier alpha value is -1.86. The molecule has 1 atom stereocenters. The van der Waals surface area contributed by atoms with E-state index in [9.17, 15) is 9.59 Å². The summed E-state index contributed by atoms with van der Waals surface area (Å²) in [6.45, 7) is 4.50. The summed E-state index contributed by atoms with van der Waals surface area (Å²) in [7, 11) is 0. The molecule has 0 N–H and O–H groups in total. The van der Waals surface area contributed by atoms with E-state index in [4.69, 9.17) is 4.74 Å². The monoisotopic (exact) mass is 392 g/mol. The molecule has 2 amide bonds. The third-order valence-corrected chi connectivity index (χ3v) is 6.18. The smallest absolute Gasteiger partial charge is 0.409 e. The van der Waals surface area contributed by atoms with Gasteiger partial charge in [-0.1, -0.05) is 12.1 Å². The highest BCUT2D eigenvalue weighted by Gasteiger charge is 2.32. The van der Waals surface area contributed by atoms with Gasteiger partial charge in [0, 0.05) is 22.8 Å². The molecule has 7 heteroatoms. The number of hydrogen-bond acceptors (Lipinski definition) is 5. The number of likely N-dealkylation sites (tertiary alicyclic amines) is 1. The molecule has 140 valence electrons. The van der Waals surface area contributed by atoms with E-state index in [0.717, 1.165) is 12.8 Å². The summed E-state index contributed by atoms with van der Waals surface area (Å²) in [6, 6.07) is 8.14. The Morgan fingerprint density at radius 1 is 1.19 bits per heavy atom. The Bertz CT molecular complexity index is 664. The van der Waals surface area contributed by atoms with Crippen LogP contribution < -0.4 is 0 Å². The number of thiophene rings is 2. The average Bonchev–Trinajstić information content (AvgIpc) is 3.35. The zero-order valence-electron chi connectivity index (χ0n) is 14.9. The van der Waals surface area contributed by atoms with E-state index in [2.05, 4.69) is 12.1 Å². The van der Waals surface area contributed by atoms with Gasteiger partial charge in [-0.05, 0) is 42.7 Å². The number of carbonyl (C=O) groups is 2. The molecule has 0 aliphatic carbocycles. The predicted octanol–water partition coefficient (Wildman–Crippen LogP) is 4.21. The molecule has 2 aromatic rings. The molecule has 5 nitrogen and oxygen atoms in total. The van der Waals surface area contributed by atoms with Crippen molar-refractivity contribution < 1.29 is 14.3 Å². The number of piperidine rings is 1. The van der Waals surface area contributed by atoms with Gasteiger partial charge in [0.15, 0.2) is 0 Å². The van der Waals surface area contributed by atoms with Crippen molar-refractivity contribution in [3.63, 3.8) is 0 Å². The molecule has 1 aliphatic rings. The molecular weight excluding hydrogens is 368 g/mol. The summed E-state index contributed by atoms with van der Waals surface area (Å²) in [5, 5.41) is 4.07. The Labute approximate surface area is 162 Å². The highest BCUT2D eigenvalue weighted by atomic mass is 32.1. The highest BCUT2D eigenvalue weighted by molar-refractivity contribution is 7.10. The van der Waals surface area contributed by atoms with Gasteiger partial charge < -0.3 is 14.5 Å². The molecule has 1 unspecified atom stereocenters. The molecule has 26 heavy (non-hydrogen) atoms. The molecule has 3 rings (SSSR count). The number of nitrogens with zero attached hydrogens (tertiary/aromatic N) is 2. The van der Waals surface area contributed by atoms with Crippen LogP contribution in [0.25, 0.3) is 0 Å². The van der Waals surface area contributed by atoms with Crippen molar-refractivity contribution in [1.82, 2.24) is 9.80 Å². The Morgan fingerprint density at radius 2 is 1.85 bits per heavy atom. The number of ether oxygens (including phenoxy) is 1. The number of hydrogen-bond donors (Lipinski definition) is 0. The van der Waals surface area contributed by atoms with Crippen molar-refractivity contribution in [2.24, 2.45) is 5.92 Å². The second-order valence-electron chi connectivity index (χ2n) is 6.34. The maximum Gasteiger partial charge on any atom is 0.409 e. The lowest BCUT2D eigenvalue weighted by molar-refractivity contribution is -0.138. The molecule has 3 heterocycles. The zero-order chi connectivity index (χ0) is 18.4. The number of carbonyl (C=O) groups excluding carboxylic acids is 2. The van der Waals surface area contributed by atoms with Crippen LogP contribution in [0.2, 0.25) is 0 Å². The number of amides is 2. The quantitative estimate of drug-likeness (QED) is 0.740. The third kappa shape index (κ3) is 4.86. The normalized spacial score (nSPS) is 17.1. The Morgan fingerprint density at radius 3 is 2.38 bits per heavy atom. The maximum absolute atomic E-state index is 13.2. The fourth-order valence-electron chi connectivity index (χ4n) is 3.21. The van der Waals surface area contributed by atoms with Crippen LogP contribution in [-0.2, 0) is 22.6 Å². The summed E-state index contributed by atoms with van der Waals surface area (Å²) in [5.41, 5.74) is 0. The minimum atomic E-state index is -0.312. The fraction of sp³-hybridized carbons (Fsp3) is 0.474. The molecule has 1 fully saturated rings. The number of rotatable bonds is 6. The topological polar surface area (TPSA) is 49.9 Å². The zero-order valence-corrected chi connectivity index (χ0v) is 16.6. The molecule has 2 aromatic heterocycles. The van der Waals surface area contributed by atoms with Crippen molar-refractivity contribution in [2.75, 3.05) is 19.7 Å². The highest BCUT2D eigenvalue weighted by Crippen LogP contribution is 2.24. The lowest BCUT2D eigenvalue weighted by atomic mass is 9.96. The van der Waals surface area contributed by atoms with Gasteiger partial charge in [-0.15, -0.1) is 22.7 Å². The van der Waals surface area contributed by atoms with Crippen molar-refractivity contribution in [3.8, 4) is 0 Å². The minimum absolute atomic E-state index is 0.126. The molecule has 1 aliphatic heterocycles. The van der Waals surface area contributed by atoms with Gasteiger partial charge in [0.1, 0.15) is 0 Å². The van der Waals surface area contributed by atoms with Crippen molar-refractivity contribution in [3.05, 3.63) is 44.8 Å². The predicted molar refractivity (Wildman–Crippen MR) is 104 cm³/mol. The first-order valence-electron chi connectivity index (χ1n) is 8.92. The van der Waals surface area contributed by atoms with Gasteiger partial charge >= 0.3 is 6.09 Å². The molecule has 0 aromatic carbocycles. The van der Waals surface area contributed by atoms with Crippen molar-refractivity contribution >= 4 is 34.7 Å². The fourth-order valence-corrected chi connectivity index (χ4v) is 4.65. The largest absolute Gasteiger partial charge is 0.450 e. The SMILES string of the molecule is CCOC(=O)N1CCCC(C(=O)N(Cc2cccs2)Cc2cccs2)C1. The van der Waals surface area contributed by atoms with Gasteiger partial charge in [-0.25, -0.2) is 4.79 Å². The van der Waals surface area contributed by atoms with Crippen LogP contribution in [0.4, 0.5) is 4.79 Å². The molecule has 1 saturated heterocycles. The molecular formula is C19H24N2O3S2. The summed E-state index contributed by atoms with van der Waals surface area (Å²) in [4.78, 5) is 31.2. The van der Waals surface area contributed by atoms with Crippen LogP contribution in [0.5, 0.6) is 0 Å². The molecule has 0 radical (unpaired) electrons. The molecule has 0 bridgehead atoms. The van der Waals surface area contributed by atoms with E-state index in [0.29, 0.717) is 32.8 Å². The first kappa shape index (κ1) is 18.9. The first-order valence-corrected chi connectivity index (χ1v) is 10.7. The molecule has 0 spiro atoms. The van der Waals surface area contributed by atoms with Crippen molar-refractivity contribution in [2.45, 2.75) is 32.9 Å². The van der Waals surface area contributed by atoms with Crippen LogP contribution in [0.3, 0.4) is 0 Å². The minimum Gasteiger partial charge on any atom is -0.450 e. The van der Waals surface area contributed by atoms with E-state index in [1.54, 1.807) is 34.5 Å². The van der Waals surface area contributed by atoms with Crippen LogP contribution in [-0.4, -0.2) is 41.5 Å². The van der Waals surface area contributed by atoms with Crippen LogP contribution in [0.15, 0.2) is 35.0 Å². The molecule has 0 saturated carbocycles. The average molecular weight is 393 g/mol. The van der Waals surface area contributed by atoms with E-state index < -0.39 is 0 Å². The van der Waals surface area contributed by atoms with Crippen LogP contribution in [0.1, 0.15) is 29.5 Å². The van der Waals surface area contributed by atoms with E-state index >= 15 is 0 Å². The second-order valence-corrected chi connectivity index (χ2v) is 8.40. The summed E-state index contributed by atoms with van der Waals surface area (Å²) >= 11 is 3.33. The van der Waals surface area contributed by atoms with Crippen molar-refractivity contribution in [1.29, 1.82) is 0 Å². The van der Waals surface area contributed by atoms with E-state index in [1.807, 2.05) is 27.8 Å². The van der Waals surface area contributed by atoms with E-state index in [1.165, 1.54) is 9.75 Å². The Balaban J connectivity index is 1.70. The van der Waals surface area contributed by atoms with Gasteiger partial charge in [0.05, 0.1) is 25.6 Å². The van der Waals surface area contributed by atoms with Crippen LogP contribution in [0, 0.1) is 5.92 Å². The summed E-state index contributed by atoms with van der Waals surface area (Å²) < 4.78 is 5.11. The summed E-state index contributed by atoms with van der Waals surface area (Å²) in [5.74, 6) is -0.0334. The second kappa shape index (κ2) is 9.19. The third-order valence-electron chi connectivity index (χ3n) is 4.46. The first-order chi connectivity index (χ1) is 12.7. The lowest BCUT2D eigenvalue weighted by Crippen LogP contribution is -2.46. The van der Waals surface area contributed by atoms with Gasteiger partial charge in [-0.2, -0.15) is 0 Å². The van der Waals surface area contributed by atoms with Gasteiger partial charge in [0.25, 0.3) is 0 Å². The Kier molecular flexibility index (Phi) is 6.68.